The molecular weight excluding hydrogens is 189 g/mol. The summed E-state index contributed by atoms with van der Waals surface area (Å²) < 4.78 is 13.5. The molecule has 0 radical (unpaired) electrons. The molecule has 0 aliphatic heterocycles. The van der Waals surface area contributed by atoms with Crippen LogP contribution in [0.5, 0.6) is 0 Å². The lowest BCUT2D eigenvalue weighted by Crippen LogP contribution is -2.22. The number of halogens is 1. The molecule has 1 aliphatic carbocycles. The second-order valence-corrected chi connectivity index (χ2v) is 4.45. The van der Waals surface area contributed by atoms with Gasteiger partial charge in [0.1, 0.15) is 5.82 Å². The van der Waals surface area contributed by atoms with Gasteiger partial charge in [-0.1, -0.05) is 18.2 Å². The molecule has 1 atom stereocenters. The Morgan fingerprint density at radius 3 is 2.73 bits per heavy atom. The third-order valence-electron chi connectivity index (χ3n) is 3.19. The zero-order chi connectivity index (χ0) is 10.7. The fraction of sp³-hybridized carbons (Fsp3) is 0.538. The second kappa shape index (κ2) is 4.75. The Kier molecular flexibility index (Phi) is 3.37. The van der Waals surface area contributed by atoms with Gasteiger partial charge < -0.3 is 5.32 Å². The molecule has 1 aliphatic rings. The van der Waals surface area contributed by atoms with Crippen molar-refractivity contribution in [2.45, 2.75) is 19.3 Å². The predicted octanol–water partition coefficient (Wildman–Crippen LogP) is 2.61. The summed E-state index contributed by atoms with van der Waals surface area (Å²) in [4.78, 5) is 0. The number of nitrogens with one attached hydrogen (secondary N) is 1. The van der Waals surface area contributed by atoms with Crippen molar-refractivity contribution < 1.29 is 4.39 Å². The average Bonchev–Trinajstić information content (AvgIpc) is 3.04. The second-order valence-electron chi connectivity index (χ2n) is 4.45. The van der Waals surface area contributed by atoms with Crippen molar-refractivity contribution in [1.82, 2.24) is 5.32 Å². The SMILES string of the molecule is CNCC(Cc1ccccc1F)C1CC1. The predicted molar refractivity (Wildman–Crippen MR) is 60.2 cm³/mol. The zero-order valence-corrected chi connectivity index (χ0v) is 9.17. The van der Waals surface area contributed by atoms with Gasteiger partial charge in [-0.2, -0.15) is 0 Å². The van der Waals surface area contributed by atoms with Crippen molar-refractivity contribution in [1.29, 1.82) is 0 Å². The van der Waals surface area contributed by atoms with Crippen LogP contribution in [0.1, 0.15) is 18.4 Å². The van der Waals surface area contributed by atoms with Crippen molar-refractivity contribution in [2.24, 2.45) is 11.8 Å². The molecule has 15 heavy (non-hydrogen) atoms. The van der Waals surface area contributed by atoms with Gasteiger partial charge in [-0.25, -0.2) is 4.39 Å². The van der Waals surface area contributed by atoms with Crippen molar-refractivity contribution >= 4 is 0 Å². The minimum Gasteiger partial charge on any atom is -0.319 e. The van der Waals surface area contributed by atoms with E-state index < -0.39 is 0 Å². The third-order valence-corrected chi connectivity index (χ3v) is 3.19. The van der Waals surface area contributed by atoms with Crippen molar-refractivity contribution in [3.63, 3.8) is 0 Å². The third kappa shape index (κ3) is 2.78. The topological polar surface area (TPSA) is 12.0 Å². The highest BCUT2D eigenvalue weighted by atomic mass is 19.1. The largest absolute Gasteiger partial charge is 0.319 e. The van der Waals surface area contributed by atoms with Crippen LogP contribution in [0.25, 0.3) is 0 Å². The summed E-state index contributed by atoms with van der Waals surface area (Å²) in [5.74, 6) is 1.36. The van der Waals surface area contributed by atoms with E-state index in [1.807, 2.05) is 19.2 Å². The molecule has 2 heteroatoms. The molecule has 1 saturated carbocycles. The van der Waals surface area contributed by atoms with Gasteiger partial charge >= 0.3 is 0 Å². The van der Waals surface area contributed by atoms with E-state index in [-0.39, 0.29) is 5.82 Å². The van der Waals surface area contributed by atoms with Crippen LogP contribution in [-0.2, 0) is 6.42 Å². The van der Waals surface area contributed by atoms with Crippen molar-refractivity contribution in [3.05, 3.63) is 35.6 Å². The number of hydrogen-bond donors (Lipinski definition) is 1. The van der Waals surface area contributed by atoms with Gasteiger partial charge in [0.2, 0.25) is 0 Å². The van der Waals surface area contributed by atoms with Gasteiger partial charge in [0.05, 0.1) is 0 Å². The Morgan fingerprint density at radius 1 is 1.40 bits per heavy atom. The van der Waals surface area contributed by atoms with E-state index in [1.54, 1.807) is 12.1 Å². The van der Waals surface area contributed by atoms with Crippen molar-refractivity contribution in [3.8, 4) is 0 Å². The summed E-state index contributed by atoms with van der Waals surface area (Å²) >= 11 is 0. The number of rotatable bonds is 5. The maximum Gasteiger partial charge on any atom is 0.126 e. The Labute approximate surface area is 90.7 Å². The first-order valence-corrected chi connectivity index (χ1v) is 5.69. The molecule has 0 saturated heterocycles. The Hall–Kier alpha value is -0.890. The van der Waals surface area contributed by atoms with E-state index in [0.29, 0.717) is 5.92 Å². The normalized spacial score (nSPS) is 17.7. The summed E-state index contributed by atoms with van der Waals surface area (Å²) in [5.41, 5.74) is 0.865. The van der Waals surface area contributed by atoms with E-state index in [0.717, 1.165) is 24.4 Å². The highest BCUT2D eigenvalue weighted by molar-refractivity contribution is 5.18. The molecule has 0 bridgehead atoms. The van der Waals surface area contributed by atoms with Crippen LogP contribution in [0.15, 0.2) is 24.3 Å². The smallest absolute Gasteiger partial charge is 0.126 e. The maximum atomic E-state index is 13.5. The molecule has 1 aromatic carbocycles. The number of hydrogen-bond acceptors (Lipinski definition) is 1. The fourth-order valence-corrected chi connectivity index (χ4v) is 2.18. The van der Waals surface area contributed by atoms with Crippen molar-refractivity contribution in [2.75, 3.05) is 13.6 Å². The molecule has 82 valence electrons. The van der Waals surface area contributed by atoms with Gasteiger partial charge in [0.15, 0.2) is 0 Å². The van der Waals surface area contributed by atoms with Crippen LogP contribution >= 0.6 is 0 Å². The average molecular weight is 207 g/mol. The standard InChI is InChI=1S/C13H18FN/c1-15-9-12(10-6-7-10)8-11-4-2-3-5-13(11)14/h2-5,10,12,15H,6-9H2,1H3. The Bertz CT molecular complexity index is 320. The summed E-state index contributed by atoms with van der Waals surface area (Å²) in [7, 11) is 1.97. The summed E-state index contributed by atoms with van der Waals surface area (Å²) in [6, 6.07) is 7.13. The Morgan fingerprint density at radius 2 is 2.13 bits per heavy atom. The molecular formula is C13H18FN. The van der Waals surface area contributed by atoms with E-state index in [2.05, 4.69) is 5.32 Å². The molecule has 0 aromatic heterocycles. The van der Waals surface area contributed by atoms with Crippen LogP contribution in [0.3, 0.4) is 0 Å². The number of benzene rings is 1. The lowest BCUT2D eigenvalue weighted by molar-refractivity contribution is 0.431. The summed E-state index contributed by atoms with van der Waals surface area (Å²) in [5, 5.41) is 3.21. The maximum absolute atomic E-state index is 13.5. The monoisotopic (exact) mass is 207 g/mol. The molecule has 1 unspecified atom stereocenters. The van der Waals surface area contributed by atoms with Gasteiger partial charge in [-0.3, -0.25) is 0 Å². The first-order chi connectivity index (χ1) is 7.31. The minimum atomic E-state index is -0.0562. The van der Waals surface area contributed by atoms with Gasteiger partial charge in [-0.15, -0.1) is 0 Å². The first-order valence-electron chi connectivity index (χ1n) is 5.69. The first kappa shape index (κ1) is 10.6. The van der Waals surface area contributed by atoms with Crippen LogP contribution in [0.4, 0.5) is 4.39 Å². The van der Waals surface area contributed by atoms with Gasteiger partial charge in [-0.05, 0) is 56.3 Å². The van der Waals surface area contributed by atoms with Crippen LogP contribution in [0, 0.1) is 17.7 Å². The van der Waals surface area contributed by atoms with Gasteiger partial charge in [0, 0.05) is 0 Å². The molecule has 2 rings (SSSR count). The molecule has 1 N–H and O–H groups in total. The summed E-state index contributed by atoms with van der Waals surface area (Å²) in [6.07, 6.45) is 3.51. The highest BCUT2D eigenvalue weighted by Crippen LogP contribution is 2.38. The molecule has 1 fully saturated rings. The molecule has 0 heterocycles. The van der Waals surface area contributed by atoms with Crippen LogP contribution in [-0.4, -0.2) is 13.6 Å². The zero-order valence-electron chi connectivity index (χ0n) is 9.17. The van der Waals surface area contributed by atoms with E-state index in [9.17, 15) is 4.39 Å². The molecule has 0 spiro atoms. The molecule has 1 aromatic rings. The molecule has 1 nitrogen and oxygen atoms in total. The van der Waals surface area contributed by atoms with E-state index in [4.69, 9.17) is 0 Å². The quantitative estimate of drug-likeness (QED) is 0.782. The van der Waals surface area contributed by atoms with Crippen LogP contribution in [0.2, 0.25) is 0 Å². The Balaban J connectivity index is 2.02. The van der Waals surface area contributed by atoms with E-state index in [1.165, 1.54) is 12.8 Å². The minimum absolute atomic E-state index is 0.0562. The van der Waals surface area contributed by atoms with E-state index >= 15 is 0 Å². The van der Waals surface area contributed by atoms with Crippen LogP contribution < -0.4 is 5.32 Å². The highest BCUT2D eigenvalue weighted by Gasteiger charge is 2.30. The van der Waals surface area contributed by atoms with Gasteiger partial charge in [0.25, 0.3) is 0 Å². The lowest BCUT2D eigenvalue weighted by Gasteiger charge is -2.15. The lowest BCUT2D eigenvalue weighted by atomic mass is 9.94. The summed E-state index contributed by atoms with van der Waals surface area (Å²) in [6.45, 7) is 0.999. The fourth-order valence-electron chi connectivity index (χ4n) is 2.18. The molecule has 0 amide bonds.